The molecule has 8 nitrogen and oxygen atoms in total. The number of nitrogens with zero attached hydrogens (tertiary/aromatic N) is 3. The van der Waals surface area contributed by atoms with Crippen LogP contribution in [0.2, 0.25) is 0 Å². The SMILES string of the molecule is COC(=O)c1ccc([C@H](C)NC(=O)c2c(C)nn3c2N(Cc2ccc(OC(F)(F)F)cc2)CC3)cc1. The second kappa shape index (κ2) is 9.92. The number of esters is 1. The van der Waals surface area contributed by atoms with E-state index in [1.165, 1.54) is 19.2 Å². The number of anilines is 1. The molecule has 0 saturated heterocycles. The minimum Gasteiger partial charge on any atom is -0.465 e. The fourth-order valence-corrected chi connectivity index (χ4v) is 4.18. The Balaban J connectivity index is 1.48. The number of carbonyl (C=O) groups is 2. The molecule has 0 radical (unpaired) electrons. The van der Waals surface area contributed by atoms with E-state index in [9.17, 15) is 22.8 Å². The lowest BCUT2D eigenvalue weighted by Crippen LogP contribution is -2.29. The zero-order chi connectivity index (χ0) is 26.0. The highest BCUT2D eigenvalue weighted by molar-refractivity contribution is 6.00. The number of alkyl halides is 3. The van der Waals surface area contributed by atoms with Crippen molar-refractivity contribution in [3.8, 4) is 5.75 Å². The van der Waals surface area contributed by atoms with Crippen molar-refractivity contribution >= 4 is 17.7 Å². The first-order valence-corrected chi connectivity index (χ1v) is 11.2. The van der Waals surface area contributed by atoms with Crippen LogP contribution in [0.1, 0.15) is 50.5 Å². The topological polar surface area (TPSA) is 85.7 Å². The normalized spacial score (nSPS) is 13.8. The number of hydrogen-bond acceptors (Lipinski definition) is 6. The second-order valence-corrected chi connectivity index (χ2v) is 8.43. The van der Waals surface area contributed by atoms with E-state index in [0.717, 1.165) is 11.1 Å². The van der Waals surface area contributed by atoms with Crippen LogP contribution >= 0.6 is 0 Å². The van der Waals surface area contributed by atoms with Gasteiger partial charge >= 0.3 is 12.3 Å². The second-order valence-electron chi connectivity index (χ2n) is 8.43. The van der Waals surface area contributed by atoms with Crippen molar-refractivity contribution in [2.24, 2.45) is 0 Å². The van der Waals surface area contributed by atoms with Crippen LogP contribution < -0.4 is 15.0 Å². The maximum absolute atomic E-state index is 13.3. The molecular weight excluding hydrogens is 477 g/mol. The van der Waals surface area contributed by atoms with Crippen LogP contribution in [0, 0.1) is 6.92 Å². The van der Waals surface area contributed by atoms with Gasteiger partial charge in [0, 0.05) is 13.1 Å². The summed E-state index contributed by atoms with van der Waals surface area (Å²) >= 11 is 0. The Morgan fingerprint density at radius 3 is 2.36 bits per heavy atom. The average molecular weight is 502 g/mol. The molecule has 0 unspecified atom stereocenters. The van der Waals surface area contributed by atoms with Crippen LogP contribution in [0.25, 0.3) is 0 Å². The molecule has 36 heavy (non-hydrogen) atoms. The monoisotopic (exact) mass is 502 g/mol. The van der Waals surface area contributed by atoms with E-state index in [1.54, 1.807) is 48.0 Å². The summed E-state index contributed by atoms with van der Waals surface area (Å²) in [4.78, 5) is 26.9. The van der Waals surface area contributed by atoms with E-state index in [0.29, 0.717) is 42.3 Å². The van der Waals surface area contributed by atoms with Gasteiger partial charge in [0.2, 0.25) is 0 Å². The lowest BCUT2D eigenvalue weighted by Gasteiger charge is -2.20. The van der Waals surface area contributed by atoms with Gasteiger partial charge in [0.1, 0.15) is 17.1 Å². The molecule has 11 heteroatoms. The number of hydrogen-bond donors (Lipinski definition) is 1. The Bertz CT molecular complexity index is 1250. The van der Waals surface area contributed by atoms with Gasteiger partial charge < -0.3 is 19.7 Å². The summed E-state index contributed by atoms with van der Waals surface area (Å²) in [5, 5.41) is 7.48. The van der Waals surface area contributed by atoms with Gasteiger partial charge in [0.15, 0.2) is 0 Å². The zero-order valence-corrected chi connectivity index (χ0v) is 19.9. The molecule has 3 aromatic rings. The van der Waals surface area contributed by atoms with Crippen LogP contribution in [-0.4, -0.2) is 41.7 Å². The third kappa shape index (κ3) is 5.45. The number of ether oxygens (including phenoxy) is 2. The standard InChI is InChI=1S/C25H25F3N4O4/c1-15(18-6-8-19(9-7-18)24(34)35-3)29-22(33)21-16(2)30-32-13-12-31(23(21)32)14-17-4-10-20(11-5-17)36-25(26,27)28/h4-11,15H,12-14H2,1-3H3,(H,29,33)/t15-/m0/s1. The number of aryl methyl sites for hydroxylation is 1. The maximum Gasteiger partial charge on any atom is 0.573 e. The van der Waals surface area contributed by atoms with Gasteiger partial charge in [0.25, 0.3) is 5.91 Å². The van der Waals surface area contributed by atoms with Crippen LogP contribution in [0.15, 0.2) is 48.5 Å². The first-order chi connectivity index (χ1) is 17.1. The van der Waals surface area contributed by atoms with E-state index < -0.39 is 12.3 Å². The highest BCUT2D eigenvalue weighted by Gasteiger charge is 2.32. The first-order valence-electron chi connectivity index (χ1n) is 11.2. The van der Waals surface area contributed by atoms with E-state index >= 15 is 0 Å². The highest BCUT2D eigenvalue weighted by atomic mass is 19.4. The van der Waals surface area contributed by atoms with Gasteiger partial charge in [0.05, 0.1) is 31.0 Å². The minimum absolute atomic E-state index is 0.290. The summed E-state index contributed by atoms with van der Waals surface area (Å²) in [5.74, 6) is -0.359. The van der Waals surface area contributed by atoms with E-state index in [4.69, 9.17) is 4.74 Å². The number of methoxy groups -OCH3 is 1. The third-order valence-electron chi connectivity index (χ3n) is 5.92. The molecule has 1 atom stereocenters. The van der Waals surface area contributed by atoms with Gasteiger partial charge in [-0.2, -0.15) is 5.10 Å². The molecule has 1 aromatic heterocycles. The molecule has 2 aromatic carbocycles. The smallest absolute Gasteiger partial charge is 0.465 e. The molecule has 2 heterocycles. The van der Waals surface area contributed by atoms with Crippen molar-refractivity contribution in [1.82, 2.24) is 15.1 Å². The predicted molar refractivity (Wildman–Crippen MR) is 125 cm³/mol. The Labute approximate surface area is 205 Å². The Morgan fingerprint density at radius 2 is 1.75 bits per heavy atom. The van der Waals surface area contributed by atoms with Crippen molar-refractivity contribution in [3.63, 3.8) is 0 Å². The summed E-state index contributed by atoms with van der Waals surface area (Å²) in [7, 11) is 1.31. The zero-order valence-electron chi connectivity index (χ0n) is 19.9. The quantitative estimate of drug-likeness (QED) is 0.483. The van der Waals surface area contributed by atoms with Crippen LogP contribution in [0.4, 0.5) is 19.0 Å². The summed E-state index contributed by atoms with van der Waals surface area (Å²) in [5.41, 5.74) is 3.02. The molecule has 0 fully saturated rings. The van der Waals surface area contributed by atoms with Crippen molar-refractivity contribution < 1.29 is 32.2 Å². The van der Waals surface area contributed by atoms with E-state index in [-0.39, 0.29) is 17.7 Å². The Kier molecular flexibility index (Phi) is 6.91. The van der Waals surface area contributed by atoms with E-state index in [2.05, 4.69) is 15.2 Å². The molecule has 190 valence electrons. The van der Waals surface area contributed by atoms with Crippen LogP contribution in [-0.2, 0) is 17.8 Å². The molecule has 0 saturated carbocycles. The summed E-state index contributed by atoms with van der Waals surface area (Å²) in [6.45, 7) is 5.18. The highest BCUT2D eigenvalue weighted by Crippen LogP contribution is 2.31. The number of fused-ring (bicyclic) bond motifs is 1. The summed E-state index contributed by atoms with van der Waals surface area (Å²) < 4.78 is 47.7. The Morgan fingerprint density at radius 1 is 1.08 bits per heavy atom. The van der Waals surface area contributed by atoms with Gasteiger partial charge in [-0.05, 0) is 49.2 Å². The number of benzene rings is 2. The number of rotatable bonds is 7. The van der Waals surface area contributed by atoms with Gasteiger partial charge in [-0.15, -0.1) is 13.2 Å². The molecule has 0 spiro atoms. The summed E-state index contributed by atoms with van der Waals surface area (Å²) in [6.07, 6.45) is -4.75. The lowest BCUT2D eigenvalue weighted by molar-refractivity contribution is -0.274. The third-order valence-corrected chi connectivity index (χ3v) is 5.92. The first kappa shape index (κ1) is 25.1. The van der Waals surface area contributed by atoms with Crippen molar-refractivity contribution in [2.45, 2.75) is 39.3 Å². The fourth-order valence-electron chi connectivity index (χ4n) is 4.18. The maximum atomic E-state index is 13.3. The molecule has 0 aliphatic carbocycles. The minimum atomic E-state index is -4.75. The number of halogens is 3. The molecule has 1 amide bonds. The van der Waals surface area contributed by atoms with Crippen LogP contribution in [0.3, 0.4) is 0 Å². The van der Waals surface area contributed by atoms with Gasteiger partial charge in [-0.25, -0.2) is 9.48 Å². The molecule has 0 bridgehead atoms. The molecular formula is C25H25F3N4O4. The van der Waals surface area contributed by atoms with Gasteiger partial charge in [-0.1, -0.05) is 24.3 Å². The van der Waals surface area contributed by atoms with Crippen molar-refractivity contribution in [3.05, 3.63) is 76.5 Å². The average Bonchev–Trinajstić information content (AvgIpc) is 3.36. The molecule has 4 rings (SSSR count). The predicted octanol–water partition coefficient (Wildman–Crippen LogP) is 4.39. The van der Waals surface area contributed by atoms with Crippen molar-refractivity contribution in [2.75, 3.05) is 18.6 Å². The van der Waals surface area contributed by atoms with Crippen molar-refractivity contribution in [1.29, 1.82) is 0 Å². The number of nitrogens with one attached hydrogen (secondary N) is 1. The van der Waals surface area contributed by atoms with E-state index in [1.807, 2.05) is 11.8 Å². The lowest BCUT2D eigenvalue weighted by atomic mass is 10.1. The summed E-state index contributed by atoms with van der Waals surface area (Å²) in [6, 6.07) is 12.1. The molecule has 1 aliphatic heterocycles. The largest absolute Gasteiger partial charge is 0.573 e. The molecule has 1 aliphatic rings. The number of amides is 1. The Hall–Kier alpha value is -4.02. The van der Waals surface area contributed by atoms with Crippen LogP contribution in [0.5, 0.6) is 5.75 Å². The number of carbonyl (C=O) groups excluding carboxylic acids is 2. The number of aromatic nitrogens is 2. The van der Waals surface area contributed by atoms with Gasteiger partial charge in [-0.3, -0.25) is 4.79 Å². The molecule has 1 N–H and O–H groups in total. The fraction of sp³-hybridized carbons (Fsp3) is 0.320.